The number of aromatic nitrogens is 2. The Morgan fingerprint density at radius 1 is 1.35 bits per heavy atom. The van der Waals surface area contributed by atoms with Crippen LogP contribution < -0.4 is 0 Å². The summed E-state index contributed by atoms with van der Waals surface area (Å²) in [7, 11) is 2.06. The van der Waals surface area contributed by atoms with Gasteiger partial charge in [0, 0.05) is 58.5 Å². The fourth-order valence-electron chi connectivity index (χ4n) is 3.60. The number of piperidine rings is 1. The highest BCUT2D eigenvalue weighted by Crippen LogP contribution is 2.20. The maximum absolute atomic E-state index is 12.3. The molecule has 1 atom stereocenters. The van der Waals surface area contributed by atoms with Crippen LogP contribution in [0.2, 0.25) is 0 Å². The minimum absolute atomic E-state index is 0.277. The van der Waals surface area contributed by atoms with Gasteiger partial charge in [0.1, 0.15) is 5.82 Å². The number of likely N-dealkylation sites (tertiary alicyclic amines) is 1. The molecule has 6 nitrogen and oxygen atoms in total. The molecule has 2 fully saturated rings. The number of aryl methyl sites for hydroxylation is 1. The van der Waals surface area contributed by atoms with Gasteiger partial charge in [-0.05, 0) is 25.3 Å². The molecule has 1 amide bonds. The molecule has 0 saturated carbocycles. The first-order valence-corrected chi connectivity index (χ1v) is 8.76. The summed E-state index contributed by atoms with van der Waals surface area (Å²) in [6.45, 7) is 5.95. The van der Waals surface area contributed by atoms with Gasteiger partial charge < -0.3 is 19.1 Å². The van der Waals surface area contributed by atoms with Gasteiger partial charge in [-0.25, -0.2) is 4.98 Å². The number of rotatable bonds is 5. The monoisotopic (exact) mass is 320 g/mol. The number of morpholine rings is 1. The zero-order chi connectivity index (χ0) is 16.1. The first kappa shape index (κ1) is 16.5. The van der Waals surface area contributed by atoms with Crippen molar-refractivity contribution in [3.8, 4) is 0 Å². The van der Waals surface area contributed by atoms with E-state index in [1.807, 2.05) is 17.3 Å². The molecule has 0 N–H and O–H groups in total. The highest BCUT2D eigenvalue weighted by atomic mass is 16.5. The predicted octanol–water partition coefficient (Wildman–Crippen LogP) is 0.924. The summed E-state index contributed by atoms with van der Waals surface area (Å²) in [5.74, 6) is 2.10. The Balaban J connectivity index is 1.43. The van der Waals surface area contributed by atoms with E-state index < -0.39 is 0 Å². The second-order valence-corrected chi connectivity index (χ2v) is 6.71. The zero-order valence-corrected chi connectivity index (χ0v) is 14.1. The lowest BCUT2D eigenvalue weighted by Gasteiger charge is -2.33. The molecule has 2 aliphatic heterocycles. The molecule has 3 heterocycles. The van der Waals surface area contributed by atoms with Gasteiger partial charge in [-0.2, -0.15) is 0 Å². The van der Waals surface area contributed by atoms with Gasteiger partial charge in [0.25, 0.3) is 0 Å². The van der Waals surface area contributed by atoms with Crippen molar-refractivity contribution in [1.82, 2.24) is 19.4 Å². The van der Waals surface area contributed by atoms with Gasteiger partial charge >= 0.3 is 0 Å². The predicted molar refractivity (Wildman–Crippen MR) is 88.1 cm³/mol. The minimum Gasteiger partial charge on any atom is -0.378 e. The molecule has 128 valence electrons. The second-order valence-electron chi connectivity index (χ2n) is 6.71. The number of amides is 1. The van der Waals surface area contributed by atoms with Crippen molar-refractivity contribution in [3.05, 3.63) is 18.2 Å². The molecule has 1 aromatic rings. The Bertz CT molecular complexity index is 510. The van der Waals surface area contributed by atoms with Crippen LogP contribution in [0.5, 0.6) is 0 Å². The van der Waals surface area contributed by atoms with E-state index in [0.717, 1.165) is 39.1 Å². The van der Waals surface area contributed by atoms with Crippen LogP contribution in [0.25, 0.3) is 0 Å². The SMILES string of the molecule is Cn1ccnc1CC1CCCN(CCC(=O)N2CCOCC2)C1. The number of hydrogen-bond donors (Lipinski definition) is 0. The number of carbonyl (C=O) groups excluding carboxylic acids is 1. The van der Waals surface area contributed by atoms with Crippen molar-refractivity contribution in [2.45, 2.75) is 25.7 Å². The molecule has 2 saturated heterocycles. The van der Waals surface area contributed by atoms with E-state index in [0.29, 0.717) is 25.6 Å². The van der Waals surface area contributed by atoms with Crippen molar-refractivity contribution in [3.63, 3.8) is 0 Å². The largest absolute Gasteiger partial charge is 0.378 e. The van der Waals surface area contributed by atoms with Crippen LogP contribution in [0.1, 0.15) is 25.1 Å². The average molecular weight is 320 g/mol. The molecular weight excluding hydrogens is 292 g/mol. The average Bonchev–Trinajstić information content (AvgIpc) is 2.99. The fourth-order valence-corrected chi connectivity index (χ4v) is 3.60. The van der Waals surface area contributed by atoms with E-state index in [4.69, 9.17) is 4.74 Å². The summed E-state index contributed by atoms with van der Waals surface area (Å²) in [5.41, 5.74) is 0. The van der Waals surface area contributed by atoms with Crippen molar-refractivity contribution >= 4 is 5.91 Å². The number of carbonyl (C=O) groups is 1. The molecule has 3 rings (SSSR count). The third kappa shape index (κ3) is 4.54. The van der Waals surface area contributed by atoms with Gasteiger partial charge in [0.15, 0.2) is 0 Å². The van der Waals surface area contributed by atoms with E-state index >= 15 is 0 Å². The van der Waals surface area contributed by atoms with Crippen molar-refractivity contribution in [1.29, 1.82) is 0 Å². The molecule has 0 radical (unpaired) electrons. The topological polar surface area (TPSA) is 50.6 Å². The summed E-state index contributed by atoms with van der Waals surface area (Å²) >= 11 is 0. The molecule has 6 heteroatoms. The molecule has 23 heavy (non-hydrogen) atoms. The van der Waals surface area contributed by atoms with Gasteiger partial charge in [-0.1, -0.05) is 0 Å². The van der Waals surface area contributed by atoms with E-state index in [-0.39, 0.29) is 5.91 Å². The van der Waals surface area contributed by atoms with E-state index in [2.05, 4.69) is 21.5 Å². The number of imidazole rings is 1. The van der Waals surface area contributed by atoms with Crippen LogP contribution in [0.3, 0.4) is 0 Å². The Kier molecular flexibility index (Phi) is 5.67. The lowest BCUT2D eigenvalue weighted by Crippen LogP contribution is -2.43. The van der Waals surface area contributed by atoms with Crippen molar-refractivity contribution in [2.75, 3.05) is 45.9 Å². The third-order valence-electron chi connectivity index (χ3n) is 5.00. The van der Waals surface area contributed by atoms with Crippen molar-refractivity contribution in [2.24, 2.45) is 13.0 Å². The van der Waals surface area contributed by atoms with Crippen LogP contribution in [-0.2, 0) is 23.0 Å². The Labute approximate surface area is 138 Å². The van der Waals surface area contributed by atoms with Crippen LogP contribution in [0.4, 0.5) is 0 Å². The number of ether oxygens (including phenoxy) is 1. The van der Waals surface area contributed by atoms with E-state index in [1.54, 1.807) is 0 Å². The first-order valence-electron chi connectivity index (χ1n) is 8.76. The highest BCUT2D eigenvalue weighted by molar-refractivity contribution is 5.76. The van der Waals surface area contributed by atoms with Crippen molar-refractivity contribution < 1.29 is 9.53 Å². The van der Waals surface area contributed by atoms with Gasteiger partial charge in [0.2, 0.25) is 5.91 Å². The van der Waals surface area contributed by atoms with Crippen LogP contribution in [0, 0.1) is 5.92 Å². The summed E-state index contributed by atoms with van der Waals surface area (Å²) in [5, 5.41) is 0. The number of hydrogen-bond acceptors (Lipinski definition) is 4. The van der Waals surface area contributed by atoms with E-state index in [1.165, 1.54) is 18.7 Å². The molecule has 0 aromatic carbocycles. The van der Waals surface area contributed by atoms with Gasteiger partial charge in [-0.3, -0.25) is 4.79 Å². The molecule has 1 unspecified atom stereocenters. The van der Waals surface area contributed by atoms with Crippen LogP contribution >= 0.6 is 0 Å². The maximum Gasteiger partial charge on any atom is 0.224 e. The highest BCUT2D eigenvalue weighted by Gasteiger charge is 2.23. The smallest absolute Gasteiger partial charge is 0.224 e. The zero-order valence-electron chi connectivity index (χ0n) is 14.1. The number of nitrogens with zero attached hydrogens (tertiary/aromatic N) is 4. The van der Waals surface area contributed by atoms with Gasteiger partial charge in [0.05, 0.1) is 13.2 Å². The normalized spacial score (nSPS) is 23.2. The Morgan fingerprint density at radius 3 is 2.91 bits per heavy atom. The summed E-state index contributed by atoms with van der Waals surface area (Å²) in [6, 6.07) is 0. The third-order valence-corrected chi connectivity index (χ3v) is 5.00. The Hall–Kier alpha value is -1.40. The standard InChI is InChI=1S/C17H28N4O2/c1-19-8-5-18-16(19)13-15-3-2-6-20(14-15)7-4-17(22)21-9-11-23-12-10-21/h5,8,15H,2-4,6-7,9-14H2,1H3. The van der Waals surface area contributed by atoms with E-state index in [9.17, 15) is 4.79 Å². The molecular formula is C17H28N4O2. The summed E-state index contributed by atoms with van der Waals surface area (Å²) < 4.78 is 7.42. The summed E-state index contributed by atoms with van der Waals surface area (Å²) in [4.78, 5) is 21.1. The summed E-state index contributed by atoms with van der Waals surface area (Å²) in [6.07, 6.45) is 8.04. The molecule has 0 spiro atoms. The molecule has 2 aliphatic rings. The quantitative estimate of drug-likeness (QED) is 0.810. The molecule has 0 bridgehead atoms. The Morgan fingerprint density at radius 2 is 2.17 bits per heavy atom. The molecule has 0 aliphatic carbocycles. The van der Waals surface area contributed by atoms with Crippen LogP contribution in [0.15, 0.2) is 12.4 Å². The fraction of sp³-hybridized carbons (Fsp3) is 0.765. The maximum atomic E-state index is 12.3. The first-order chi connectivity index (χ1) is 11.2. The van der Waals surface area contributed by atoms with Gasteiger partial charge in [-0.15, -0.1) is 0 Å². The van der Waals surface area contributed by atoms with Crippen LogP contribution in [-0.4, -0.2) is 71.2 Å². The molecule has 1 aromatic heterocycles. The second kappa shape index (κ2) is 7.93. The minimum atomic E-state index is 0.277. The lowest BCUT2D eigenvalue weighted by molar-refractivity contribution is -0.135. The lowest BCUT2D eigenvalue weighted by atomic mass is 9.94.